The summed E-state index contributed by atoms with van der Waals surface area (Å²) in [5.41, 5.74) is 5.15. The Morgan fingerprint density at radius 2 is 2.38 bits per heavy atom. The molecule has 1 rings (SSSR count). The molecule has 0 aromatic carbocycles. The monoisotopic (exact) mass is 226 g/mol. The molecule has 0 amide bonds. The van der Waals surface area contributed by atoms with E-state index in [0.717, 1.165) is 0 Å². The number of carbonyl (C=O) groups is 1. The van der Waals surface area contributed by atoms with Crippen LogP contribution in [0.4, 0.5) is 11.5 Å². The summed E-state index contributed by atoms with van der Waals surface area (Å²) < 4.78 is 4.54. The largest absolute Gasteiger partial charge is 0.468 e. The molecule has 0 saturated carbocycles. The highest BCUT2D eigenvalue weighted by Crippen LogP contribution is 2.14. The average Bonchev–Trinajstić information content (AvgIpc) is 2.29. The van der Waals surface area contributed by atoms with Gasteiger partial charge in [0.25, 0.3) is 5.56 Å². The van der Waals surface area contributed by atoms with Gasteiger partial charge in [-0.1, -0.05) is 0 Å². The SMILES string of the molecule is CCN(CC(=O)OC)c1nc[nH]c(=O)c1N. The summed E-state index contributed by atoms with van der Waals surface area (Å²) >= 11 is 0. The number of hydrogen-bond donors (Lipinski definition) is 2. The molecule has 0 spiro atoms. The Hall–Kier alpha value is -2.05. The van der Waals surface area contributed by atoms with E-state index in [-0.39, 0.29) is 18.1 Å². The number of nitrogens with one attached hydrogen (secondary N) is 1. The second kappa shape index (κ2) is 5.15. The van der Waals surface area contributed by atoms with Gasteiger partial charge in [0.05, 0.1) is 13.4 Å². The first-order valence-electron chi connectivity index (χ1n) is 4.75. The van der Waals surface area contributed by atoms with Gasteiger partial charge in [-0.15, -0.1) is 0 Å². The molecule has 7 heteroatoms. The fourth-order valence-electron chi connectivity index (χ4n) is 1.21. The van der Waals surface area contributed by atoms with Crippen LogP contribution in [0.2, 0.25) is 0 Å². The maximum atomic E-state index is 11.3. The smallest absolute Gasteiger partial charge is 0.325 e. The van der Waals surface area contributed by atoms with E-state index in [2.05, 4.69) is 14.7 Å². The number of nitrogen functional groups attached to an aromatic ring is 1. The van der Waals surface area contributed by atoms with Crippen molar-refractivity contribution >= 4 is 17.5 Å². The van der Waals surface area contributed by atoms with E-state index in [0.29, 0.717) is 6.54 Å². The van der Waals surface area contributed by atoms with Crippen LogP contribution in [0.15, 0.2) is 11.1 Å². The van der Waals surface area contributed by atoms with Crippen LogP contribution in [0.1, 0.15) is 6.92 Å². The van der Waals surface area contributed by atoms with Crippen LogP contribution in [0.5, 0.6) is 0 Å². The normalized spacial score (nSPS) is 9.88. The summed E-state index contributed by atoms with van der Waals surface area (Å²) in [6.07, 6.45) is 1.24. The number of nitrogens with two attached hydrogens (primary N) is 1. The number of carbonyl (C=O) groups excluding carboxylic acids is 1. The first-order chi connectivity index (χ1) is 7.60. The predicted molar refractivity (Wildman–Crippen MR) is 59.2 cm³/mol. The third-order valence-corrected chi connectivity index (χ3v) is 2.10. The maximum Gasteiger partial charge on any atom is 0.325 e. The van der Waals surface area contributed by atoms with Crippen molar-refractivity contribution in [3.63, 3.8) is 0 Å². The number of likely N-dealkylation sites (N-methyl/N-ethyl adjacent to an activating group) is 1. The van der Waals surface area contributed by atoms with E-state index < -0.39 is 11.5 Å². The fraction of sp³-hybridized carbons (Fsp3) is 0.444. The lowest BCUT2D eigenvalue weighted by molar-refractivity contribution is -0.138. The number of esters is 1. The second-order valence-electron chi connectivity index (χ2n) is 3.06. The fourth-order valence-corrected chi connectivity index (χ4v) is 1.21. The van der Waals surface area contributed by atoms with Crippen LogP contribution in [-0.4, -0.2) is 36.1 Å². The lowest BCUT2D eigenvalue weighted by Gasteiger charge is -2.20. The standard InChI is InChI=1S/C9H14N4O3/c1-3-13(4-6(14)16-2)8-7(10)9(15)12-5-11-8/h5H,3-4,10H2,1-2H3,(H,11,12,15). The molecule has 0 aliphatic heterocycles. The molecule has 0 aliphatic rings. The number of hydrogen-bond acceptors (Lipinski definition) is 6. The minimum Gasteiger partial charge on any atom is -0.468 e. The molecule has 0 aliphatic carbocycles. The Labute approximate surface area is 92.2 Å². The van der Waals surface area contributed by atoms with Crippen molar-refractivity contribution < 1.29 is 9.53 Å². The molecule has 1 heterocycles. The van der Waals surface area contributed by atoms with Gasteiger partial charge in [-0.25, -0.2) is 4.98 Å². The number of nitrogens with zero attached hydrogens (tertiary/aromatic N) is 2. The molecule has 3 N–H and O–H groups in total. The molecule has 1 aromatic rings. The van der Waals surface area contributed by atoms with Gasteiger partial charge in [0.15, 0.2) is 5.82 Å². The van der Waals surface area contributed by atoms with Gasteiger partial charge in [0, 0.05) is 6.54 Å². The number of ether oxygens (including phenoxy) is 1. The minimum atomic E-state index is -0.423. The molecule has 0 radical (unpaired) electrons. The van der Waals surface area contributed by atoms with Gasteiger partial charge in [-0.05, 0) is 6.92 Å². The minimum absolute atomic E-state index is 0.00625. The summed E-state index contributed by atoms with van der Waals surface area (Å²) in [6.45, 7) is 2.33. The third-order valence-electron chi connectivity index (χ3n) is 2.10. The average molecular weight is 226 g/mol. The van der Waals surface area contributed by atoms with E-state index in [1.165, 1.54) is 13.4 Å². The molecule has 1 aromatic heterocycles. The van der Waals surface area contributed by atoms with Gasteiger partial charge in [0.2, 0.25) is 0 Å². The van der Waals surface area contributed by atoms with E-state index in [1.807, 2.05) is 6.92 Å². The zero-order valence-corrected chi connectivity index (χ0v) is 9.19. The molecule has 0 fully saturated rings. The van der Waals surface area contributed by atoms with Crippen molar-refractivity contribution in [3.8, 4) is 0 Å². The van der Waals surface area contributed by atoms with Crippen molar-refractivity contribution in [1.82, 2.24) is 9.97 Å². The molecule has 7 nitrogen and oxygen atoms in total. The first kappa shape index (κ1) is 12.0. The van der Waals surface area contributed by atoms with Crippen molar-refractivity contribution in [1.29, 1.82) is 0 Å². The quantitative estimate of drug-likeness (QED) is 0.662. The van der Waals surface area contributed by atoms with Gasteiger partial charge >= 0.3 is 5.97 Å². The number of anilines is 2. The highest BCUT2D eigenvalue weighted by Gasteiger charge is 2.15. The highest BCUT2D eigenvalue weighted by molar-refractivity contribution is 5.77. The zero-order valence-electron chi connectivity index (χ0n) is 9.19. The lowest BCUT2D eigenvalue weighted by atomic mass is 10.4. The van der Waals surface area contributed by atoms with Crippen LogP contribution in [0.25, 0.3) is 0 Å². The third kappa shape index (κ3) is 2.50. The van der Waals surface area contributed by atoms with Crippen LogP contribution in [-0.2, 0) is 9.53 Å². The van der Waals surface area contributed by atoms with Crippen molar-refractivity contribution in [2.45, 2.75) is 6.92 Å². The summed E-state index contributed by atoms with van der Waals surface area (Å²) in [4.78, 5) is 30.2. The molecule has 0 atom stereocenters. The number of methoxy groups -OCH3 is 1. The summed E-state index contributed by atoms with van der Waals surface area (Å²) in [7, 11) is 1.30. The van der Waals surface area contributed by atoms with Gasteiger partial charge in [-0.3, -0.25) is 9.59 Å². The molecule has 0 saturated heterocycles. The molecule has 0 bridgehead atoms. The zero-order chi connectivity index (χ0) is 12.1. The predicted octanol–water partition coefficient (Wildman–Crippen LogP) is -0.649. The number of aromatic nitrogens is 2. The van der Waals surface area contributed by atoms with Crippen LogP contribution < -0.4 is 16.2 Å². The van der Waals surface area contributed by atoms with Crippen molar-refractivity contribution in [2.75, 3.05) is 30.8 Å². The lowest BCUT2D eigenvalue weighted by Crippen LogP contribution is -2.33. The Morgan fingerprint density at radius 3 is 2.94 bits per heavy atom. The molecular formula is C9H14N4O3. The van der Waals surface area contributed by atoms with E-state index in [9.17, 15) is 9.59 Å². The maximum absolute atomic E-state index is 11.3. The van der Waals surface area contributed by atoms with Gasteiger partial charge < -0.3 is 20.4 Å². The van der Waals surface area contributed by atoms with Crippen LogP contribution in [0.3, 0.4) is 0 Å². The van der Waals surface area contributed by atoms with Gasteiger partial charge in [-0.2, -0.15) is 0 Å². The van der Waals surface area contributed by atoms with E-state index in [4.69, 9.17) is 5.73 Å². The Balaban J connectivity index is 2.99. The molecule has 88 valence electrons. The van der Waals surface area contributed by atoms with E-state index in [1.54, 1.807) is 4.90 Å². The molecule has 16 heavy (non-hydrogen) atoms. The summed E-state index contributed by atoms with van der Waals surface area (Å²) in [6, 6.07) is 0. The van der Waals surface area contributed by atoms with Crippen molar-refractivity contribution in [3.05, 3.63) is 16.7 Å². The Morgan fingerprint density at radius 1 is 1.69 bits per heavy atom. The summed E-state index contributed by atoms with van der Waals surface area (Å²) in [5, 5.41) is 0. The molecular weight excluding hydrogens is 212 g/mol. The Kier molecular flexibility index (Phi) is 3.87. The summed E-state index contributed by atoms with van der Waals surface area (Å²) in [5.74, 6) is -0.125. The Bertz CT molecular complexity index is 429. The van der Waals surface area contributed by atoms with E-state index >= 15 is 0 Å². The second-order valence-corrected chi connectivity index (χ2v) is 3.06. The topological polar surface area (TPSA) is 101 Å². The van der Waals surface area contributed by atoms with Crippen LogP contribution >= 0.6 is 0 Å². The number of H-pyrrole nitrogens is 1. The highest BCUT2D eigenvalue weighted by atomic mass is 16.5. The number of aromatic amines is 1. The number of rotatable bonds is 4. The van der Waals surface area contributed by atoms with Crippen molar-refractivity contribution in [2.24, 2.45) is 0 Å². The van der Waals surface area contributed by atoms with Crippen LogP contribution in [0, 0.1) is 0 Å². The van der Waals surface area contributed by atoms with Gasteiger partial charge in [0.1, 0.15) is 12.2 Å². The first-order valence-corrected chi connectivity index (χ1v) is 4.75. The molecule has 0 unspecified atom stereocenters.